The largest absolute Gasteiger partial charge is 0.394 e. The summed E-state index contributed by atoms with van der Waals surface area (Å²) >= 11 is 0. The minimum Gasteiger partial charge on any atom is -0.394 e. The van der Waals surface area contributed by atoms with Gasteiger partial charge in [-0.1, -0.05) is 237 Å². The molecule has 0 saturated carbocycles. The van der Waals surface area contributed by atoms with Gasteiger partial charge < -0.3 is 89.9 Å². The number of rotatable bonds is 54. The van der Waals surface area contributed by atoms with E-state index in [1.807, 2.05) is 6.08 Å². The van der Waals surface area contributed by atoms with Gasteiger partial charge in [-0.2, -0.15) is 0 Å². The van der Waals surface area contributed by atoms with Crippen LogP contribution in [-0.2, 0) is 33.2 Å². The molecule has 552 valence electrons. The normalized spacial score (nSPS) is 27.8. The summed E-state index contributed by atoms with van der Waals surface area (Å²) in [5.41, 5.74) is 0. The number of amides is 1. The zero-order valence-electron chi connectivity index (χ0n) is 58.5. The summed E-state index contributed by atoms with van der Waals surface area (Å²) in [4.78, 5) is 13.4. The molecule has 0 aliphatic carbocycles. The Labute approximate surface area is 581 Å². The Kier molecular flexibility index (Phi) is 51.3. The summed E-state index contributed by atoms with van der Waals surface area (Å²) in [5.74, 6) is -0.302. The van der Waals surface area contributed by atoms with Crippen LogP contribution in [-0.4, -0.2) is 193 Å². The zero-order chi connectivity index (χ0) is 70.4. The van der Waals surface area contributed by atoms with Crippen molar-refractivity contribution in [3.05, 3.63) is 146 Å². The smallest absolute Gasteiger partial charge is 0.220 e. The van der Waals surface area contributed by atoms with Gasteiger partial charge in [-0.3, -0.25) is 4.79 Å². The Morgan fingerprint density at radius 2 is 0.722 bits per heavy atom. The lowest BCUT2D eigenvalue weighted by atomic mass is 9.96. The maximum atomic E-state index is 13.4. The van der Waals surface area contributed by atoms with Crippen LogP contribution in [0.1, 0.15) is 206 Å². The molecule has 3 fully saturated rings. The summed E-state index contributed by atoms with van der Waals surface area (Å²) in [6.45, 7) is 1.55. The first kappa shape index (κ1) is 86.9. The number of allylic oxidation sites excluding steroid dienone is 23. The fourth-order valence-electron chi connectivity index (χ4n) is 11.2. The summed E-state index contributed by atoms with van der Waals surface area (Å²) in [5, 5.41) is 120. The van der Waals surface area contributed by atoms with Gasteiger partial charge in [0.1, 0.15) is 73.2 Å². The molecule has 12 N–H and O–H groups in total. The lowest BCUT2D eigenvalue weighted by molar-refractivity contribution is -0.379. The lowest BCUT2D eigenvalue weighted by Gasteiger charge is -2.48. The molecular weight excluding hydrogens is 1240 g/mol. The second kappa shape index (κ2) is 57.3. The topological polar surface area (TPSA) is 307 Å². The van der Waals surface area contributed by atoms with Crippen LogP contribution in [0, 0.1) is 0 Å². The second-order valence-corrected chi connectivity index (χ2v) is 25.3. The average molecular weight is 1370 g/mol. The number of carbonyl (C=O) groups excluding carboxylic acids is 1. The molecule has 19 heteroatoms. The Morgan fingerprint density at radius 1 is 0.381 bits per heavy atom. The molecule has 19 nitrogen and oxygen atoms in total. The zero-order valence-corrected chi connectivity index (χ0v) is 58.5. The van der Waals surface area contributed by atoms with Gasteiger partial charge in [0.05, 0.1) is 38.6 Å². The Bertz CT molecular complexity index is 2320. The van der Waals surface area contributed by atoms with Gasteiger partial charge >= 0.3 is 0 Å². The number of unbranched alkanes of at least 4 members (excludes halogenated alkanes) is 16. The number of hydrogen-bond donors (Lipinski definition) is 12. The fourth-order valence-corrected chi connectivity index (χ4v) is 11.2. The van der Waals surface area contributed by atoms with Gasteiger partial charge in [-0.05, 0) is 109 Å². The molecule has 3 heterocycles. The van der Waals surface area contributed by atoms with Crippen LogP contribution in [0.25, 0.3) is 0 Å². The van der Waals surface area contributed by atoms with Crippen molar-refractivity contribution in [2.75, 3.05) is 26.4 Å². The molecule has 0 bridgehead atoms. The monoisotopic (exact) mass is 1370 g/mol. The first-order valence-electron chi connectivity index (χ1n) is 36.6. The number of nitrogens with one attached hydrogen (secondary N) is 1. The highest BCUT2D eigenvalue weighted by molar-refractivity contribution is 5.76. The van der Waals surface area contributed by atoms with Crippen molar-refractivity contribution >= 4 is 5.91 Å². The molecule has 17 unspecified atom stereocenters. The van der Waals surface area contributed by atoms with Crippen molar-refractivity contribution in [3.63, 3.8) is 0 Å². The molecule has 3 aliphatic rings. The quantitative estimate of drug-likeness (QED) is 0.0199. The van der Waals surface area contributed by atoms with E-state index in [9.17, 15) is 61.0 Å². The number of aliphatic hydroxyl groups is 11. The SMILES string of the molecule is CC/C=C\C/C=C\C/C=C\C/C=C\C/C=C\C/C=C\C/C=C\C/C=C\C/C=C\C/C=C\CCCCCCCCCCC(=O)NC(COC1OC(CO)C(OC2OC(CO)C(OC3OC(CO)C(O)C(O)C3O)C(O)C2O)C(O)C1O)C(O)/C=C/CC/C=C/CCCCCCCCC. The van der Waals surface area contributed by atoms with Crippen LogP contribution in [0.2, 0.25) is 0 Å². The summed E-state index contributed by atoms with van der Waals surface area (Å²) in [6.07, 6.45) is 55.5. The van der Waals surface area contributed by atoms with Crippen molar-refractivity contribution in [2.45, 2.75) is 311 Å². The second-order valence-electron chi connectivity index (χ2n) is 25.3. The molecule has 97 heavy (non-hydrogen) atoms. The van der Waals surface area contributed by atoms with E-state index in [1.54, 1.807) is 6.08 Å². The van der Waals surface area contributed by atoms with E-state index >= 15 is 0 Å². The Balaban J connectivity index is 1.35. The highest BCUT2D eigenvalue weighted by Crippen LogP contribution is 2.33. The summed E-state index contributed by atoms with van der Waals surface area (Å²) in [7, 11) is 0. The number of carbonyl (C=O) groups is 1. The predicted octanol–water partition coefficient (Wildman–Crippen LogP) is 10.7. The van der Waals surface area contributed by atoms with Crippen molar-refractivity contribution in [1.29, 1.82) is 0 Å². The van der Waals surface area contributed by atoms with Gasteiger partial charge in [-0.15, -0.1) is 0 Å². The van der Waals surface area contributed by atoms with Crippen LogP contribution in [0.3, 0.4) is 0 Å². The van der Waals surface area contributed by atoms with Crippen LogP contribution in [0.15, 0.2) is 146 Å². The Hall–Kier alpha value is -4.33. The third kappa shape index (κ3) is 38.3. The van der Waals surface area contributed by atoms with E-state index in [-0.39, 0.29) is 18.9 Å². The third-order valence-electron chi connectivity index (χ3n) is 17.1. The maximum Gasteiger partial charge on any atom is 0.220 e. The summed E-state index contributed by atoms with van der Waals surface area (Å²) < 4.78 is 34.3. The van der Waals surface area contributed by atoms with E-state index in [2.05, 4.69) is 153 Å². The standard InChI is InChI=1S/C78H127NO18/c1-3-5-7-9-11-13-15-17-18-19-20-21-22-23-24-25-26-27-28-29-30-31-32-33-34-35-36-37-38-39-40-41-42-44-46-48-50-52-54-56-66(84)79-61(62(83)55-53-51-49-47-45-43-16-14-12-10-8-6-4-2)60-92-76-72(90)69(87)74(64(58-81)94-76)97-78-73(91)70(88)75(65(59-82)95-78)96-77-71(89)68(86)67(85)63(57-80)93-77/h5,7,11,13,17-18,20-21,23-24,26-27,29-30,32-33,35-36,38-39,45,47,53,55,61-65,67-78,80-83,85-91H,3-4,6,8-10,12,14-16,19,22,25,28,31,34,37,40-44,46,48-52,54,56-60H2,1-2H3,(H,79,84)/b7-5-,13-11-,18-17-,21-20-,24-23-,27-26-,30-29-,33-32-,36-35-,39-38-,47-45+,55-53+. The number of aliphatic hydroxyl groups excluding tert-OH is 11. The van der Waals surface area contributed by atoms with E-state index in [0.717, 1.165) is 128 Å². The van der Waals surface area contributed by atoms with Gasteiger partial charge in [0.2, 0.25) is 5.91 Å². The number of hydrogen-bond acceptors (Lipinski definition) is 18. The van der Waals surface area contributed by atoms with Crippen molar-refractivity contribution in [3.8, 4) is 0 Å². The van der Waals surface area contributed by atoms with Crippen molar-refractivity contribution < 1.29 is 89.4 Å². The first-order valence-corrected chi connectivity index (χ1v) is 36.6. The van der Waals surface area contributed by atoms with Crippen molar-refractivity contribution in [2.24, 2.45) is 0 Å². The molecule has 0 aromatic carbocycles. The summed E-state index contributed by atoms with van der Waals surface area (Å²) in [6, 6.07) is -1.00. The van der Waals surface area contributed by atoms with Crippen LogP contribution >= 0.6 is 0 Å². The predicted molar refractivity (Wildman–Crippen MR) is 382 cm³/mol. The average Bonchev–Trinajstić information content (AvgIpc) is 0.809. The van der Waals surface area contributed by atoms with E-state index in [0.29, 0.717) is 12.8 Å². The fraction of sp³-hybridized carbons (Fsp3) is 0.679. The Morgan fingerprint density at radius 3 is 1.15 bits per heavy atom. The van der Waals surface area contributed by atoms with E-state index in [1.165, 1.54) is 44.9 Å². The van der Waals surface area contributed by atoms with Crippen LogP contribution < -0.4 is 5.32 Å². The van der Waals surface area contributed by atoms with Crippen LogP contribution in [0.5, 0.6) is 0 Å². The molecule has 0 aromatic heterocycles. The highest BCUT2D eigenvalue weighted by atomic mass is 16.8. The van der Waals surface area contributed by atoms with Gasteiger partial charge in [0.25, 0.3) is 0 Å². The minimum absolute atomic E-state index is 0.216. The molecule has 0 aromatic rings. The molecule has 3 aliphatic heterocycles. The van der Waals surface area contributed by atoms with Crippen LogP contribution in [0.4, 0.5) is 0 Å². The van der Waals surface area contributed by atoms with Gasteiger partial charge in [-0.25, -0.2) is 0 Å². The minimum atomic E-state index is -1.99. The molecular formula is C78H127NO18. The molecule has 1 amide bonds. The highest BCUT2D eigenvalue weighted by Gasteiger charge is 2.53. The molecule has 3 saturated heterocycles. The molecule has 17 atom stereocenters. The lowest BCUT2D eigenvalue weighted by Crippen LogP contribution is -2.66. The van der Waals surface area contributed by atoms with Gasteiger partial charge in [0, 0.05) is 6.42 Å². The number of ether oxygens (including phenoxy) is 6. The first-order chi connectivity index (χ1) is 47.3. The van der Waals surface area contributed by atoms with Gasteiger partial charge in [0.15, 0.2) is 18.9 Å². The third-order valence-corrected chi connectivity index (χ3v) is 17.1. The molecule has 0 radical (unpaired) electrons. The molecule has 3 rings (SSSR count). The van der Waals surface area contributed by atoms with E-state index < -0.39 is 124 Å². The molecule has 0 spiro atoms. The van der Waals surface area contributed by atoms with Crippen molar-refractivity contribution in [1.82, 2.24) is 5.32 Å². The van der Waals surface area contributed by atoms with E-state index in [4.69, 9.17) is 28.4 Å². The maximum absolute atomic E-state index is 13.4.